The summed E-state index contributed by atoms with van der Waals surface area (Å²) in [7, 11) is 0. The molecule has 31 heavy (non-hydrogen) atoms. The Morgan fingerprint density at radius 1 is 1.00 bits per heavy atom. The molecule has 0 saturated carbocycles. The second-order valence-corrected chi connectivity index (χ2v) is 7.06. The average Bonchev–Trinajstić information content (AvgIpc) is 2.78. The van der Waals surface area contributed by atoms with Gasteiger partial charge in [-0.25, -0.2) is 5.01 Å². The topological polar surface area (TPSA) is 118 Å². The van der Waals surface area contributed by atoms with Gasteiger partial charge in [-0.15, -0.1) is 0 Å². The number of nitro benzene ring substituents is 1. The summed E-state index contributed by atoms with van der Waals surface area (Å²) < 4.78 is 0. The van der Waals surface area contributed by atoms with E-state index in [1.165, 1.54) is 12.1 Å². The van der Waals surface area contributed by atoms with Gasteiger partial charge in [0, 0.05) is 36.1 Å². The van der Waals surface area contributed by atoms with Gasteiger partial charge in [0.05, 0.1) is 4.92 Å². The van der Waals surface area contributed by atoms with E-state index in [4.69, 9.17) is 0 Å². The van der Waals surface area contributed by atoms with Crippen LogP contribution in [0.1, 0.15) is 53.3 Å². The maximum absolute atomic E-state index is 13.4. The van der Waals surface area contributed by atoms with Crippen molar-refractivity contribution in [2.24, 2.45) is 0 Å². The van der Waals surface area contributed by atoms with Gasteiger partial charge in [-0.2, -0.15) is 5.01 Å². The number of non-ortho nitro benzene ring substituents is 1. The number of nitrogens with zero attached hydrogens (tertiary/aromatic N) is 3. The van der Waals surface area contributed by atoms with Crippen molar-refractivity contribution in [3.05, 3.63) is 75.8 Å². The molecule has 3 amide bonds. The molecule has 1 saturated heterocycles. The Balaban J connectivity index is 2.06. The van der Waals surface area contributed by atoms with E-state index in [2.05, 4.69) is 0 Å². The number of hydrogen-bond donors (Lipinski definition) is 0. The normalized spacial score (nSPS) is 14.8. The lowest BCUT2D eigenvalue weighted by Gasteiger charge is -2.39. The minimum atomic E-state index is -1.10. The number of carbonyl (C=O) groups excluding carboxylic acids is 4. The van der Waals surface area contributed by atoms with E-state index in [-0.39, 0.29) is 30.5 Å². The molecule has 0 radical (unpaired) electrons. The van der Waals surface area contributed by atoms with Gasteiger partial charge < -0.3 is 0 Å². The van der Waals surface area contributed by atoms with Crippen molar-refractivity contribution in [2.45, 2.75) is 38.6 Å². The number of ketones is 1. The third kappa shape index (κ3) is 4.50. The maximum Gasteiger partial charge on any atom is 0.273 e. The zero-order valence-corrected chi connectivity index (χ0v) is 16.9. The van der Waals surface area contributed by atoms with Crippen molar-refractivity contribution in [3.63, 3.8) is 0 Å². The molecule has 160 valence electrons. The molecule has 0 N–H and O–H groups in total. The number of benzene rings is 2. The van der Waals surface area contributed by atoms with Crippen LogP contribution in [0.3, 0.4) is 0 Å². The second-order valence-electron chi connectivity index (χ2n) is 7.06. The fourth-order valence-corrected chi connectivity index (χ4v) is 3.48. The Labute approximate surface area is 178 Å². The molecule has 9 nitrogen and oxygen atoms in total. The number of hydrazine groups is 1. The van der Waals surface area contributed by atoms with Gasteiger partial charge in [-0.1, -0.05) is 37.3 Å². The lowest BCUT2D eigenvalue weighted by Crippen LogP contribution is -2.60. The van der Waals surface area contributed by atoms with Crippen LogP contribution in [0.5, 0.6) is 0 Å². The molecular formula is C22H21N3O6. The Morgan fingerprint density at radius 2 is 1.58 bits per heavy atom. The van der Waals surface area contributed by atoms with Gasteiger partial charge >= 0.3 is 0 Å². The van der Waals surface area contributed by atoms with Crippen molar-refractivity contribution < 1.29 is 24.1 Å². The highest BCUT2D eigenvalue weighted by molar-refractivity contribution is 6.07. The number of nitro groups is 1. The molecule has 9 heteroatoms. The fraction of sp³-hybridized carbons (Fsp3) is 0.273. The summed E-state index contributed by atoms with van der Waals surface area (Å²) in [5.41, 5.74) is 0.157. The van der Waals surface area contributed by atoms with E-state index in [0.717, 1.165) is 22.2 Å². The highest BCUT2D eigenvalue weighted by Crippen LogP contribution is 2.24. The van der Waals surface area contributed by atoms with E-state index in [1.807, 2.05) is 0 Å². The molecule has 1 aliphatic heterocycles. The van der Waals surface area contributed by atoms with Gasteiger partial charge in [-0.3, -0.25) is 29.3 Å². The third-order valence-corrected chi connectivity index (χ3v) is 5.05. The molecule has 2 aromatic carbocycles. The molecule has 0 bridgehead atoms. The number of rotatable bonds is 7. The van der Waals surface area contributed by atoms with Crippen LogP contribution in [0.25, 0.3) is 0 Å². The van der Waals surface area contributed by atoms with Crippen molar-refractivity contribution in [3.8, 4) is 0 Å². The second kappa shape index (κ2) is 9.29. The molecule has 1 atom stereocenters. The number of hydrogen-bond acceptors (Lipinski definition) is 6. The predicted octanol–water partition coefficient (Wildman–Crippen LogP) is 3.15. The third-order valence-electron chi connectivity index (χ3n) is 5.05. The Hall–Kier alpha value is -3.88. The molecular weight excluding hydrogens is 402 g/mol. The first-order chi connectivity index (χ1) is 14.8. The summed E-state index contributed by atoms with van der Waals surface area (Å²) in [6.07, 6.45) is 0.679. The van der Waals surface area contributed by atoms with Crippen molar-refractivity contribution in [1.82, 2.24) is 10.0 Å². The molecule has 0 spiro atoms. The standard InChI is InChI=1S/C22H21N3O6/c1-2-18(21(28)15-7-4-3-5-8-15)23(24-19(26)9-6-10-20(24)27)22(29)16-11-13-17(14-12-16)25(30)31/h3-5,7-8,11-14,18H,2,6,9-10H2,1H3/t18-/m0/s1. The SMILES string of the molecule is CC[C@@H](C(=O)c1ccccc1)N(C(=O)c1ccc([N+](=O)[O-])cc1)N1C(=O)CCCC1=O. The zero-order chi connectivity index (χ0) is 22.5. The van der Waals surface area contributed by atoms with E-state index >= 15 is 0 Å². The van der Waals surface area contributed by atoms with Crippen LogP contribution in [0, 0.1) is 10.1 Å². The number of carbonyl (C=O) groups is 4. The first-order valence-electron chi connectivity index (χ1n) is 9.88. The van der Waals surface area contributed by atoms with Crippen LogP contribution in [0.15, 0.2) is 54.6 Å². The monoisotopic (exact) mass is 423 g/mol. The van der Waals surface area contributed by atoms with Crippen LogP contribution in [-0.4, -0.2) is 44.5 Å². The Bertz CT molecular complexity index is 1000. The van der Waals surface area contributed by atoms with Crippen LogP contribution in [0.2, 0.25) is 0 Å². The van der Waals surface area contributed by atoms with Crippen molar-refractivity contribution >= 4 is 29.2 Å². The molecule has 1 fully saturated rings. The minimum Gasteiger partial charge on any atom is -0.292 e. The Kier molecular flexibility index (Phi) is 6.54. The summed E-state index contributed by atoms with van der Waals surface area (Å²) in [6.45, 7) is 1.68. The minimum absolute atomic E-state index is 0.0242. The smallest absolute Gasteiger partial charge is 0.273 e. The first-order valence-corrected chi connectivity index (χ1v) is 9.88. The quantitative estimate of drug-likeness (QED) is 0.292. The van der Waals surface area contributed by atoms with E-state index in [9.17, 15) is 29.3 Å². The molecule has 0 unspecified atom stereocenters. The maximum atomic E-state index is 13.4. The van der Waals surface area contributed by atoms with Crippen LogP contribution in [0.4, 0.5) is 5.69 Å². The van der Waals surface area contributed by atoms with Gasteiger partial charge in [0.2, 0.25) is 11.8 Å². The van der Waals surface area contributed by atoms with Gasteiger partial charge in [-0.05, 0) is 25.0 Å². The zero-order valence-electron chi connectivity index (χ0n) is 16.9. The largest absolute Gasteiger partial charge is 0.292 e. The lowest BCUT2D eigenvalue weighted by molar-refractivity contribution is -0.384. The number of piperidine rings is 1. The first kappa shape index (κ1) is 21.8. The molecule has 0 aromatic heterocycles. The summed E-state index contributed by atoms with van der Waals surface area (Å²) in [4.78, 5) is 62.2. The lowest BCUT2D eigenvalue weighted by atomic mass is 10.00. The molecule has 1 heterocycles. The average molecular weight is 423 g/mol. The van der Waals surface area contributed by atoms with Crippen molar-refractivity contribution in [2.75, 3.05) is 0 Å². The van der Waals surface area contributed by atoms with Crippen molar-refractivity contribution in [1.29, 1.82) is 0 Å². The van der Waals surface area contributed by atoms with Crippen LogP contribution in [-0.2, 0) is 9.59 Å². The van der Waals surface area contributed by atoms with Gasteiger partial charge in [0.1, 0.15) is 6.04 Å². The number of Topliss-reactive ketones (excluding diaryl/α,β-unsaturated/α-hetero) is 1. The molecule has 1 aliphatic rings. The predicted molar refractivity (Wildman–Crippen MR) is 110 cm³/mol. The summed E-state index contributed by atoms with van der Waals surface area (Å²) in [5, 5.41) is 12.6. The van der Waals surface area contributed by atoms with Crippen LogP contribution < -0.4 is 0 Å². The van der Waals surface area contributed by atoms with Crippen LogP contribution >= 0.6 is 0 Å². The molecule has 3 rings (SSSR count). The van der Waals surface area contributed by atoms with Gasteiger partial charge in [0.25, 0.3) is 11.6 Å². The molecule has 2 aromatic rings. The summed E-state index contributed by atoms with van der Waals surface area (Å²) >= 11 is 0. The van der Waals surface area contributed by atoms with E-state index < -0.39 is 34.5 Å². The fourth-order valence-electron chi connectivity index (χ4n) is 3.48. The van der Waals surface area contributed by atoms with Gasteiger partial charge in [0.15, 0.2) is 5.78 Å². The highest BCUT2D eigenvalue weighted by Gasteiger charge is 2.41. The number of amides is 3. The van der Waals surface area contributed by atoms with E-state index in [1.54, 1.807) is 37.3 Å². The van der Waals surface area contributed by atoms with E-state index in [0.29, 0.717) is 12.0 Å². The molecule has 0 aliphatic carbocycles. The summed E-state index contributed by atoms with van der Waals surface area (Å²) in [6, 6.07) is 12.0. The Morgan fingerprint density at radius 3 is 2.10 bits per heavy atom. The highest BCUT2D eigenvalue weighted by atomic mass is 16.6. The number of imide groups is 1. The summed E-state index contributed by atoms with van der Waals surface area (Å²) in [5.74, 6) is -2.30.